The molecule has 2 aliphatic rings. The fourth-order valence-corrected chi connectivity index (χ4v) is 5.43. The van der Waals surface area contributed by atoms with Crippen LogP contribution in [-0.2, 0) is 14.3 Å². The standard InChI is InChI=1S/C17H30O2.C15H28O/c1-16(2,3)11-12-19-15(18)13-7-9-14(10-8-13)17(4,5)6;1-14(2,3)12-9-7-11(8-10-12)13(16)15(4,5)6/h11-14H,7-10H2,1-6H3;11-12H,7-10H2,1-6H3. The van der Waals surface area contributed by atoms with Gasteiger partial charge in [-0.15, -0.1) is 0 Å². The normalized spacial score (nSPS) is 26.6. The van der Waals surface area contributed by atoms with Gasteiger partial charge >= 0.3 is 5.97 Å². The highest BCUT2D eigenvalue weighted by Crippen LogP contribution is 2.42. The van der Waals surface area contributed by atoms with Crippen LogP contribution in [0.5, 0.6) is 0 Å². The van der Waals surface area contributed by atoms with Crippen molar-refractivity contribution in [1.29, 1.82) is 0 Å². The van der Waals surface area contributed by atoms with Crippen molar-refractivity contribution >= 4 is 11.8 Å². The topological polar surface area (TPSA) is 43.4 Å². The van der Waals surface area contributed by atoms with Crippen LogP contribution in [0, 0.1) is 45.3 Å². The van der Waals surface area contributed by atoms with Crippen LogP contribution in [0.1, 0.15) is 134 Å². The van der Waals surface area contributed by atoms with Crippen LogP contribution >= 0.6 is 0 Å². The summed E-state index contributed by atoms with van der Waals surface area (Å²) in [7, 11) is 0. The van der Waals surface area contributed by atoms with Gasteiger partial charge in [0, 0.05) is 11.3 Å². The molecule has 3 nitrogen and oxygen atoms in total. The summed E-state index contributed by atoms with van der Waals surface area (Å²) in [4.78, 5) is 24.1. The van der Waals surface area contributed by atoms with Crippen molar-refractivity contribution in [3.8, 4) is 0 Å². The number of carbonyl (C=O) groups excluding carboxylic acids is 2. The summed E-state index contributed by atoms with van der Waals surface area (Å²) in [6.07, 6.45) is 12.4. The summed E-state index contributed by atoms with van der Waals surface area (Å²) in [5, 5.41) is 0. The van der Waals surface area contributed by atoms with E-state index in [1.54, 1.807) is 6.26 Å². The molecule has 0 aliphatic heterocycles. The molecule has 0 atom stereocenters. The lowest BCUT2D eigenvalue weighted by Gasteiger charge is -2.38. The third kappa shape index (κ3) is 11.6. The zero-order valence-corrected chi connectivity index (χ0v) is 25.3. The first-order valence-electron chi connectivity index (χ1n) is 14.1. The zero-order chi connectivity index (χ0) is 27.2. The van der Waals surface area contributed by atoms with E-state index in [0.29, 0.717) is 22.5 Å². The molecule has 0 spiro atoms. The third-order valence-electron chi connectivity index (χ3n) is 8.10. The molecule has 0 aromatic heterocycles. The Morgan fingerprint density at radius 2 is 0.971 bits per heavy atom. The van der Waals surface area contributed by atoms with Crippen molar-refractivity contribution in [2.75, 3.05) is 0 Å². The lowest BCUT2D eigenvalue weighted by atomic mass is 9.67. The maximum Gasteiger partial charge on any atom is 0.313 e. The Balaban J connectivity index is 0.000000355. The van der Waals surface area contributed by atoms with Gasteiger partial charge in [-0.3, -0.25) is 9.59 Å². The van der Waals surface area contributed by atoms with Gasteiger partial charge in [0.1, 0.15) is 5.78 Å². The second-order valence-corrected chi connectivity index (χ2v) is 15.5. The van der Waals surface area contributed by atoms with E-state index in [1.165, 1.54) is 12.8 Å². The van der Waals surface area contributed by atoms with Gasteiger partial charge in [0.15, 0.2) is 0 Å². The highest BCUT2D eigenvalue weighted by molar-refractivity contribution is 5.86. The number of ketones is 1. The monoisotopic (exact) mass is 490 g/mol. The highest BCUT2D eigenvalue weighted by atomic mass is 16.5. The van der Waals surface area contributed by atoms with Gasteiger partial charge in [0.2, 0.25) is 0 Å². The van der Waals surface area contributed by atoms with Crippen molar-refractivity contribution in [1.82, 2.24) is 0 Å². The average Bonchev–Trinajstić information content (AvgIpc) is 2.71. The highest BCUT2D eigenvalue weighted by Gasteiger charge is 2.36. The van der Waals surface area contributed by atoms with Crippen molar-refractivity contribution in [3.05, 3.63) is 12.3 Å². The minimum Gasteiger partial charge on any atom is -0.435 e. The summed E-state index contributed by atoms with van der Waals surface area (Å²) in [5.41, 5.74) is 0.681. The quantitative estimate of drug-likeness (QED) is 0.292. The molecular formula is C32H58O3. The maximum atomic E-state index is 12.2. The first-order chi connectivity index (χ1) is 15.7. The molecule has 2 aliphatic carbocycles. The number of esters is 1. The average molecular weight is 491 g/mol. The van der Waals surface area contributed by atoms with Crippen LogP contribution in [0.3, 0.4) is 0 Å². The molecule has 3 heteroatoms. The number of hydrogen-bond acceptors (Lipinski definition) is 3. The van der Waals surface area contributed by atoms with E-state index in [9.17, 15) is 9.59 Å². The van der Waals surface area contributed by atoms with Crippen molar-refractivity contribution < 1.29 is 14.3 Å². The van der Waals surface area contributed by atoms with Gasteiger partial charge in [-0.1, -0.05) is 83.1 Å². The van der Waals surface area contributed by atoms with Gasteiger partial charge in [-0.25, -0.2) is 0 Å². The molecule has 0 unspecified atom stereocenters. The number of carbonyl (C=O) groups is 2. The second kappa shape index (κ2) is 12.4. The summed E-state index contributed by atoms with van der Waals surface area (Å²) in [5.74, 6) is 2.40. The van der Waals surface area contributed by atoms with E-state index >= 15 is 0 Å². The predicted octanol–water partition coefficient (Wildman–Crippen LogP) is 9.40. The lowest BCUT2D eigenvalue weighted by molar-refractivity contribution is -0.144. The van der Waals surface area contributed by atoms with Crippen LogP contribution in [0.25, 0.3) is 0 Å². The Morgan fingerprint density at radius 3 is 1.29 bits per heavy atom. The number of allylic oxidation sites excluding steroid dienone is 1. The molecule has 0 bridgehead atoms. The Kier molecular flexibility index (Phi) is 11.3. The Labute approximate surface area is 218 Å². The molecule has 0 saturated heterocycles. The molecule has 0 amide bonds. The van der Waals surface area contributed by atoms with E-state index in [0.717, 1.165) is 50.4 Å². The summed E-state index contributed by atoms with van der Waals surface area (Å²) >= 11 is 0. The molecule has 204 valence electrons. The van der Waals surface area contributed by atoms with Crippen molar-refractivity contribution in [2.45, 2.75) is 134 Å². The minimum atomic E-state index is -0.154. The fourth-order valence-electron chi connectivity index (χ4n) is 5.43. The number of hydrogen-bond donors (Lipinski definition) is 0. The van der Waals surface area contributed by atoms with Crippen LogP contribution in [-0.4, -0.2) is 11.8 Å². The molecular weight excluding hydrogens is 432 g/mol. The van der Waals surface area contributed by atoms with Crippen LogP contribution in [0.15, 0.2) is 12.3 Å². The number of Topliss-reactive ketones (excluding diaryl/α,β-unsaturated/α-hetero) is 1. The van der Waals surface area contributed by atoms with E-state index in [4.69, 9.17) is 4.74 Å². The predicted molar refractivity (Wildman–Crippen MR) is 149 cm³/mol. The van der Waals surface area contributed by atoms with Crippen molar-refractivity contribution in [3.63, 3.8) is 0 Å². The summed E-state index contributed by atoms with van der Waals surface area (Å²) < 4.78 is 5.26. The minimum absolute atomic E-state index is 0.0483. The second-order valence-electron chi connectivity index (χ2n) is 15.5. The number of ether oxygens (including phenoxy) is 1. The van der Waals surface area contributed by atoms with Gasteiger partial charge < -0.3 is 4.74 Å². The van der Waals surface area contributed by atoms with Crippen LogP contribution in [0.2, 0.25) is 0 Å². The van der Waals surface area contributed by atoms with Crippen molar-refractivity contribution in [2.24, 2.45) is 45.3 Å². The molecule has 2 fully saturated rings. The lowest BCUT2D eigenvalue weighted by Crippen LogP contribution is -2.33. The van der Waals surface area contributed by atoms with E-state index in [-0.39, 0.29) is 22.7 Å². The van der Waals surface area contributed by atoms with Gasteiger partial charge in [-0.05, 0) is 85.5 Å². The molecule has 35 heavy (non-hydrogen) atoms. The first-order valence-corrected chi connectivity index (χ1v) is 14.1. The molecule has 2 saturated carbocycles. The fraction of sp³-hybridized carbons (Fsp3) is 0.875. The molecule has 0 radical (unpaired) electrons. The molecule has 0 aromatic carbocycles. The summed E-state index contributed by atoms with van der Waals surface area (Å²) in [6, 6.07) is 0. The van der Waals surface area contributed by atoms with Gasteiger partial charge in [0.25, 0.3) is 0 Å². The Hall–Kier alpha value is -1.12. The number of rotatable bonds is 3. The van der Waals surface area contributed by atoms with Gasteiger partial charge in [0.05, 0.1) is 12.2 Å². The van der Waals surface area contributed by atoms with E-state index in [2.05, 4.69) is 62.3 Å². The van der Waals surface area contributed by atoms with E-state index < -0.39 is 0 Å². The maximum absolute atomic E-state index is 12.2. The Bertz CT molecular complexity index is 687. The summed E-state index contributed by atoms with van der Waals surface area (Å²) in [6.45, 7) is 26.3. The van der Waals surface area contributed by atoms with Crippen LogP contribution < -0.4 is 0 Å². The first kappa shape index (κ1) is 31.9. The molecule has 0 N–H and O–H groups in total. The third-order valence-corrected chi connectivity index (χ3v) is 8.10. The molecule has 2 rings (SSSR count). The molecule has 0 heterocycles. The zero-order valence-electron chi connectivity index (χ0n) is 25.3. The largest absolute Gasteiger partial charge is 0.435 e. The Morgan fingerprint density at radius 1 is 0.600 bits per heavy atom. The van der Waals surface area contributed by atoms with Crippen LogP contribution in [0.4, 0.5) is 0 Å². The van der Waals surface area contributed by atoms with Gasteiger partial charge in [-0.2, -0.15) is 0 Å². The SMILES string of the molecule is CC(C)(C)C(=O)C1CCC(C(C)(C)C)CC1.CC(C)(C)C=COC(=O)C1CCC(C(C)(C)C)CC1. The smallest absolute Gasteiger partial charge is 0.313 e. The van der Waals surface area contributed by atoms with E-state index in [1.807, 2.05) is 26.8 Å². The molecule has 0 aromatic rings.